The van der Waals surface area contributed by atoms with Crippen molar-refractivity contribution in [2.45, 2.75) is 31.2 Å². The van der Waals surface area contributed by atoms with Crippen LogP contribution in [0, 0.1) is 6.92 Å². The summed E-state index contributed by atoms with van der Waals surface area (Å²) in [6.07, 6.45) is -0.414. The normalized spacial score (nSPS) is 24.0. The molecule has 0 atom stereocenters. The molecule has 0 spiro atoms. The fraction of sp³-hybridized carbons (Fsp3) is 0.556. The van der Waals surface area contributed by atoms with Gasteiger partial charge in [-0.3, -0.25) is 0 Å². The van der Waals surface area contributed by atoms with Gasteiger partial charge in [-0.15, -0.1) is 11.3 Å². The van der Waals surface area contributed by atoms with Crippen molar-refractivity contribution in [2.24, 2.45) is 5.73 Å². The van der Waals surface area contributed by atoms with E-state index in [1.165, 1.54) is 11.3 Å². The maximum atomic E-state index is 12.7. The van der Waals surface area contributed by atoms with Gasteiger partial charge in [-0.05, 0) is 23.9 Å². The van der Waals surface area contributed by atoms with E-state index in [-0.39, 0.29) is 12.8 Å². The molecule has 1 saturated carbocycles. The lowest BCUT2D eigenvalue weighted by Crippen LogP contribution is -2.55. The van der Waals surface area contributed by atoms with Crippen LogP contribution in [0.1, 0.15) is 23.3 Å². The van der Waals surface area contributed by atoms with Crippen molar-refractivity contribution in [1.82, 2.24) is 0 Å². The van der Waals surface area contributed by atoms with Crippen LogP contribution in [0.3, 0.4) is 0 Å². The minimum Gasteiger partial charge on any atom is -0.320 e. The van der Waals surface area contributed by atoms with E-state index >= 15 is 0 Å². The van der Waals surface area contributed by atoms with Crippen LogP contribution in [0.25, 0.3) is 0 Å². The Bertz CT molecular complexity index is 324. The van der Waals surface area contributed by atoms with E-state index in [4.69, 9.17) is 5.73 Å². The number of aryl methyl sites for hydroxylation is 1. The first kappa shape index (κ1) is 9.09. The molecule has 1 aliphatic rings. The first-order chi connectivity index (χ1) is 5.93. The summed E-state index contributed by atoms with van der Waals surface area (Å²) < 4.78 is 25.4. The van der Waals surface area contributed by atoms with Gasteiger partial charge in [-0.2, -0.15) is 0 Å². The van der Waals surface area contributed by atoms with Crippen LogP contribution in [-0.2, 0) is 5.54 Å². The van der Waals surface area contributed by atoms with Crippen LogP contribution in [-0.4, -0.2) is 5.92 Å². The van der Waals surface area contributed by atoms with Crippen LogP contribution in [0.2, 0.25) is 0 Å². The molecule has 1 aromatic rings. The predicted octanol–water partition coefficient (Wildman–Crippen LogP) is 2.64. The molecule has 4 heteroatoms. The number of nitrogens with two attached hydrogens (primary N) is 1. The van der Waals surface area contributed by atoms with Gasteiger partial charge in [0.1, 0.15) is 0 Å². The predicted molar refractivity (Wildman–Crippen MR) is 49.1 cm³/mol. The van der Waals surface area contributed by atoms with Crippen molar-refractivity contribution < 1.29 is 8.78 Å². The molecule has 0 saturated heterocycles. The number of hydrogen-bond acceptors (Lipinski definition) is 2. The van der Waals surface area contributed by atoms with Crippen LogP contribution in [0.4, 0.5) is 8.78 Å². The second-order valence-corrected chi connectivity index (χ2v) is 4.71. The van der Waals surface area contributed by atoms with Gasteiger partial charge < -0.3 is 5.73 Å². The van der Waals surface area contributed by atoms with Crippen molar-refractivity contribution in [3.63, 3.8) is 0 Å². The van der Waals surface area contributed by atoms with E-state index in [2.05, 4.69) is 0 Å². The monoisotopic (exact) mass is 203 g/mol. The van der Waals surface area contributed by atoms with Gasteiger partial charge in [0.15, 0.2) is 0 Å². The average Bonchev–Trinajstić information content (AvgIpc) is 2.30. The molecule has 1 heterocycles. The molecule has 1 aliphatic carbocycles. The Balaban J connectivity index is 2.25. The third-order valence-corrected chi connectivity index (χ3v) is 3.70. The maximum absolute atomic E-state index is 12.7. The van der Waals surface area contributed by atoms with Crippen molar-refractivity contribution in [1.29, 1.82) is 0 Å². The molecule has 72 valence electrons. The van der Waals surface area contributed by atoms with E-state index in [1.807, 2.05) is 18.4 Å². The molecule has 13 heavy (non-hydrogen) atoms. The minimum absolute atomic E-state index is 0.207. The molecule has 0 radical (unpaired) electrons. The SMILES string of the molecule is Cc1ccsc1C1(N)CC(F)(F)C1. The Labute approximate surface area is 79.6 Å². The highest BCUT2D eigenvalue weighted by Crippen LogP contribution is 2.51. The van der Waals surface area contributed by atoms with Gasteiger partial charge >= 0.3 is 0 Å². The smallest absolute Gasteiger partial charge is 0.252 e. The summed E-state index contributed by atoms with van der Waals surface area (Å²) in [5.41, 5.74) is 6.14. The molecule has 0 bridgehead atoms. The van der Waals surface area contributed by atoms with Gasteiger partial charge in [0.2, 0.25) is 0 Å². The summed E-state index contributed by atoms with van der Waals surface area (Å²) in [5.74, 6) is -2.55. The highest BCUT2D eigenvalue weighted by molar-refractivity contribution is 7.10. The van der Waals surface area contributed by atoms with Gasteiger partial charge in [-0.25, -0.2) is 8.78 Å². The number of alkyl halides is 2. The highest BCUT2D eigenvalue weighted by Gasteiger charge is 2.56. The molecule has 0 aliphatic heterocycles. The lowest BCUT2D eigenvalue weighted by Gasteiger charge is -2.44. The van der Waals surface area contributed by atoms with Gasteiger partial charge in [0.05, 0.1) is 5.54 Å². The summed E-state index contributed by atoms with van der Waals surface area (Å²) in [6, 6.07) is 1.92. The Morgan fingerprint density at radius 2 is 2.08 bits per heavy atom. The molecule has 2 N–H and O–H groups in total. The summed E-state index contributed by atoms with van der Waals surface area (Å²) >= 11 is 1.47. The molecular weight excluding hydrogens is 192 g/mol. The summed E-state index contributed by atoms with van der Waals surface area (Å²) in [5, 5.41) is 1.90. The molecule has 0 amide bonds. The van der Waals surface area contributed by atoms with Crippen molar-refractivity contribution in [3.8, 4) is 0 Å². The van der Waals surface area contributed by atoms with E-state index in [1.54, 1.807) is 0 Å². The fourth-order valence-corrected chi connectivity index (χ4v) is 2.96. The summed E-state index contributed by atoms with van der Waals surface area (Å²) in [7, 11) is 0. The largest absolute Gasteiger partial charge is 0.320 e. The van der Waals surface area contributed by atoms with Gasteiger partial charge in [0, 0.05) is 17.7 Å². The average molecular weight is 203 g/mol. The highest BCUT2D eigenvalue weighted by atomic mass is 32.1. The summed E-state index contributed by atoms with van der Waals surface area (Å²) in [6.45, 7) is 1.91. The topological polar surface area (TPSA) is 26.0 Å². The van der Waals surface area contributed by atoms with E-state index < -0.39 is 11.5 Å². The molecule has 0 aromatic carbocycles. The van der Waals surface area contributed by atoms with Crippen molar-refractivity contribution >= 4 is 11.3 Å². The van der Waals surface area contributed by atoms with Gasteiger partial charge in [-0.1, -0.05) is 0 Å². The Morgan fingerprint density at radius 3 is 2.46 bits per heavy atom. The quantitative estimate of drug-likeness (QED) is 0.746. The lowest BCUT2D eigenvalue weighted by molar-refractivity contribution is -0.124. The standard InChI is InChI=1S/C9H11F2NS/c1-6-2-3-13-7(6)8(12)4-9(10,11)5-8/h2-3H,4-5,12H2,1H3. The van der Waals surface area contributed by atoms with Crippen LogP contribution in [0.5, 0.6) is 0 Å². The van der Waals surface area contributed by atoms with E-state index in [9.17, 15) is 8.78 Å². The second-order valence-electron chi connectivity index (χ2n) is 3.80. The van der Waals surface area contributed by atoms with E-state index in [0.29, 0.717) is 0 Å². The van der Waals surface area contributed by atoms with Gasteiger partial charge in [0.25, 0.3) is 5.92 Å². The molecule has 0 unspecified atom stereocenters. The molecule has 2 rings (SSSR count). The third kappa shape index (κ3) is 1.38. The molecule has 1 nitrogen and oxygen atoms in total. The lowest BCUT2D eigenvalue weighted by atomic mass is 9.72. The molecular formula is C9H11F2NS. The Kier molecular flexibility index (Phi) is 1.76. The van der Waals surface area contributed by atoms with Crippen molar-refractivity contribution in [2.75, 3.05) is 0 Å². The van der Waals surface area contributed by atoms with Crippen LogP contribution in [0.15, 0.2) is 11.4 Å². The Hall–Kier alpha value is -0.480. The maximum Gasteiger partial charge on any atom is 0.252 e. The second kappa shape index (κ2) is 2.51. The van der Waals surface area contributed by atoms with Crippen LogP contribution >= 0.6 is 11.3 Å². The fourth-order valence-electron chi connectivity index (χ4n) is 1.91. The van der Waals surface area contributed by atoms with Crippen molar-refractivity contribution in [3.05, 3.63) is 21.9 Å². The first-order valence-electron chi connectivity index (χ1n) is 4.14. The zero-order chi connectivity index (χ0) is 9.69. The summed E-state index contributed by atoms with van der Waals surface area (Å²) in [4.78, 5) is 0.915. The van der Waals surface area contributed by atoms with E-state index in [0.717, 1.165) is 10.4 Å². The molecule has 1 aromatic heterocycles. The third-order valence-electron chi connectivity index (χ3n) is 2.46. The minimum atomic E-state index is -2.55. The molecule has 1 fully saturated rings. The Morgan fingerprint density at radius 1 is 1.46 bits per heavy atom. The number of rotatable bonds is 1. The zero-order valence-corrected chi connectivity index (χ0v) is 8.13. The number of halogens is 2. The first-order valence-corrected chi connectivity index (χ1v) is 5.02. The zero-order valence-electron chi connectivity index (χ0n) is 7.31. The number of thiophene rings is 1. The number of hydrogen-bond donors (Lipinski definition) is 1. The van der Waals surface area contributed by atoms with Crippen LogP contribution < -0.4 is 5.73 Å².